The molecule has 1 amide bonds. The summed E-state index contributed by atoms with van der Waals surface area (Å²) in [6, 6.07) is 6.06. The number of piperazine rings is 1. The van der Waals surface area contributed by atoms with Gasteiger partial charge in [0.15, 0.2) is 0 Å². The van der Waals surface area contributed by atoms with Crippen LogP contribution in [-0.4, -0.2) is 47.7 Å². The van der Waals surface area contributed by atoms with E-state index in [1.54, 1.807) is 7.11 Å². The number of aromatic nitrogens is 1. The van der Waals surface area contributed by atoms with Crippen LogP contribution in [0, 0.1) is 5.92 Å². The molecule has 0 spiro atoms. The molecule has 0 atom stereocenters. The highest BCUT2D eigenvalue weighted by molar-refractivity contribution is 6.08. The van der Waals surface area contributed by atoms with Gasteiger partial charge >= 0.3 is 0 Å². The Morgan fingerprint density at radius 2 is 2.00 bits per heavy atom. The van der Waals surface area contributed by atoms with E-state index in [4.69, 9.17) is 4.74 Å². The average molecular weight is 420 g/mol. The molecule has 1 aromatic carbocycles. The molecule has 1 N–H and O–H groups in total. The first-order valence-corrected chi connectivity index (χ1v) is 10.7. The molecule has 160 valence electrons. The van der Waals surface area contributed by atoms with Crippen LogP contribution in [0.5, 0.6) is 5.75 Å². The van der Waals surface area contributed by atoms with Crippen LogP contribution in [0.2, 0.25) is 0 Å². The molecule has 4 rings (SSSR count). The van der Waals surface area contributed by atoms with E-state index >= 15 is 0 Å². The van der Waals surface area contributed by atoms with Crippen LogP contribution < -0.4 is 10.1 Å². The molecular weight excluding hydrogens is 386 g/mol. The Balaban J connectivity index is 0.00000240. The molecular formula is C23H34ClN3O2. The van der Waals surface area contributed by atoms with Crippen molar-refractivity contribution in [2.45, 2.75) is 58.0 Å². The predicted octanol–water partition coefficient (Wildman–Crippen LogP) is 4.48. The summed E-state index contributed by atoms with van der Waals surface area (Å²) in [5.41, 5.74) is 1.82. The zero-order chi connectivity index (χ0) is 19.7. The van der Waals surface area contributed by atoms with Crippen molar-refractivity contribution >= 4 is 29.2 Å². The van der Waals surface area contributed by atoms with Crippen LogP contribution in [0.15, 0.2) is 24.4 Å². The maximum absolute atomic E-state index is 13.5. The first-order valence-electron chi connectivity index (χ1n) is 10.7. The summed E-state index contributed by atoms with van der Waals surface area (Å²) in [4.78, 5) is 15.4. The second-order valence-electron chi connectivity index (χ2n) is 9.09. The highest BCUT2D eigenvalue weighted by Crippen LogP contribution is 2.33. The largest absolute Gasteiger partial charge is 0.495 e. The van der Waals surface area contributed by atoms with Crippen LogP contribution in [0.25, 0.3) is 10.9 Å². The zero-order valence-electron chi connectivity index (χ0n) is 17.9. The number of rotatable bonds is 4. The summed E-state index contributed by atoms with van der Waals surface area (Å²) in [5.74, 6) is 1.68. The Morgan fingerprint density at radius 3 is 2.69 bits per heavy atom. The Bertz CT molecular complexity index is 855. The fourth-order valence-corrected chi connectivity index (χ4v) is 4.94. The minimum Gasteiger partial charge on any atom is -0.495 e. The zero-order valence-corrected chi connectivity index (χ0v) is 18.7. The van der Waals surface area contributed by atoms with Crippen molar-refractivity contribution in [3.8, 4) is 5.75 Å². The normalized spacial score (nSPS) is 19.8. The number of methoxy groups -OCH3 is 1. The van der Waals surface area contributed by atoms with Crippen LogP contribution in [0.1, 0.15) is 56.3 Å². The van der Waals surface area contributed by atoms with E-state index in [1.165, 1.54) is 32.1 Å². The fraction of sp³-hybridized carbons (Fsp3) is 0.609. The van der Waals surface area contributed by atoms with Crippen LogP contribution in [-0.2, 0) is 6.54 Å². The Labute approximate surface area is 180 Å². The van der Waals surface area contributed by atoms with E-state index in [1.807, 2.05) is 17.0 Å². The molecule has 2 aromatic rings. The molecule has 1 aromatic heterocycles. The molecule has 2 heterocycles. The number of para-hydroxylation sites is 1. The third-order valence-electron chi connectivity index (χ3n) is 6.35. The van der Waals surface area contributed by atoms with E-state index in [0.717, 1.165) is 48.4 Å². The van der Waals surface area contributed by atoms with Gasteiger partial charge in [0.25, 0.3) is 5.91 Å². The first-order chi connectivity index (χ1) is 13.5. The molecule has 0 radical (unpaired) electrons. The number of fused-ring (bicyclic) bond motifs is 1. The lowest BCUT2D eigenvalue weighted by Gasteiger charge is -2.39. The summed E-state index contributed by atoms with van der Waals surface area (Å²) < 4.78 is 7.96. The van der Waals surface area contributed by atoms with E-state index < -0.39 is 0 Å². The molecule has 0 unspecified atom stereocenters. The van der Waals surface area contributed by atoms with E-state index in [2.05, 4.69) is 36.0 Å². The van der Waals surface area contributed by atoms with E-state index in [-0.39, 0.29) is 23.9 Å². The number of benzene rings is 1. The Hall–Kier alpha value is -1.72. The molecule has 0 bridgehead atoms. The second-order valence-corrected chi connectivity index (χ2v) is 9.09. The van der Waals surface area contributed by atoms with Gasteiger partial charge in [-0.15, -0.1) is 12.4 Å². The molecule has 5 nitrogen and oxygen atoms in total. The number of amides is 1. The van der Waals surface area contributed by atoms with Gasteiger partial charge in [0.2, 0.25) is 0 Å². The third-order valence-corrected chi connectivity index (χ3v) is 6.35. The number of nitrogens with zero attached hydrogens (tertiary/aromatic N) is 2. The van der Waals surface area contributed by atoms with E-state index in [0.29, 0.717) is 5.92 Å². The SMILES string of the molecule is COc1cccc2c(C(=O)N3CCNC(C)(C)C3)cn(CC3CCCCC3)c12.Cl. The van der Waals surface area contributed by atoms with Crippen molar-refractivity contribution < 1.29 is 9.53 Å². The van der Waals surface area contributed by atoms with Crippen LogP contribution in [0.4, 0.5) is 0 Å². The highest BCUT2D eigenvalue weighted by Gasteiger charge is 2.31. The maximum Gasteiger partial charge on any atom is 0.256 e. The van der Waals surface area contributed by atoms with Crippen molar-refractivity contribution in [2.75, 3.05) is 26.7 Å². The molecule has 1 saturated heterocycles. The van der Waals surface area contributed by atoms with Gasteiger partial charge in [-0.3, -0.25) is 4.79 Å². The number of ether oxygens (including phenoxy) is 1. The van der Waals surface area contributed by atoms with Gasteiger partial charge in [0, 0.05) is 43.3 Å². The van der Waals surface area contributed by atoms with Gasteiger partial charge < -0.3 is 19.5 Å². The monoisotopic (exact) mass is 419 g/mol. The average Bonchev–Trinajstić information content (AvgIpc) is 3.06. The summed E-state index contributed by atoms with van der Waals surface area (Å²) in [6.07, 6.45) is 8.65. The smallest absolute Gasteiger partial charge is 0.256 e. The quantitative estimate of drug-likeness (QED) is 0.794. The number of halogens is 1. The van der Waals surface area contributed by atoms with E-state index in [9.17, 15) is 4.79 Å². The van der Waals surface area contributed by atoms with Gasteiger partial charge in [0.1, 0.15) is 5.75 Å². The van der Waals surface area contributed by atoms with Crippen LogP contribution >= 0.6 is 12.4 Å². The lowest BCUT2D eigenvalue weighted by atomic mass is 9.89. The molecule has 1 saturated carbocycles. The Kier molecular flexibility index (Phi) is 6.79. The number of carbonyl (C=O) groups is 1. The fourth-order valence-electron chi connectivity index (χ4n) is 4.94. The number of hydrogen-bond donors (Lipinski definition) is 1. The molecule has 1 aliphatic heterocycles. The second kappa shape index (κ2) is 8.97. The Morgan fingerprint density at radius 1 is 1.24 bits per heavy atom. The summed E-state index contributed by atoms with van der Waals surface area (Å²) in [7, 11) is 1.72. The van der Waals surface area contributed by atoms with Gasteiger partial charge in [-0.1, -0.05) is 31.4 Å². The van der Waals surface area contributed by atoms with Crippen molar-refractivity contribution in [3.05, 3.63) is 30.0 Å². The summed E-state index contributed by atoms with van der Waals surface area (Å²) >= 11 is 0. The van der Waals surface area contributed by atoms with Gasteiger partial charge in [-0.05, 0) is 38.7 Å². The maximum atomic E-state index is 13.5. The van der Waals surface area contributed by atoms with Crippen molar-refractivity contribution in [1.82, 2.24) is 14.8 Å². The predicted molar refractivity (Wildman–Crippen MR) is 120 cm³/mol. The minimum absolute atomic E-state index is 0. The standard InChI is InChI=1S/C23H33N3O2.ClH/c1-23(2)16-25(13-12-24-23)22(27)19-15-26(14-17-8-5-4-6-9-17)21-18(19)10-7-11-20(21)28-3;/h7,10-11,15,17,24H,4-6,8-9,12-14,16H2,1-3H3;1H. The molecule has 1 aliphatic carbocycles. The third kappa shape index (κ3) is 4.56. The van der Waals surface area contributed by atoms with Crippen molar-refractivity contribution in [3.63, 3.8) is 0 Å². The highest BCUT2D eigenvalue weighted by atomic mass is 35.5. The topological polar surface area (TPSA) is 46.5 Å². The van der Waals surface area contributed by atoms with Crippen molar-refractivity contribution in [1.29, 1.82) is 0 Å². The van der Waals surface area contributed by atoms with Crippen molar-refractivity contribution in [2.24, 2.45) is 5.92 Å². The van der Waals surface area contributed by atoms with Gasteiger partial charge in [0.05, 0.1) is 18.2 Å². The number of carbonyl (C=O) groups excluding carboxylic acids is 1. The minimum atomic E-state index is -0.0495. The summed E-state index contributed by atoms with van der Waals surface area (Å²) in [5, 5.41) is 4.50. The van der Waals surface area contributed by atoms with Crippen LogP contribution in [0.3, 0.4) is 0 Å². The molecule has 29 heavy (non-hydrogen) atoms. The van der Waals surface area contributed by atoms with Gasteiger partial charge in [-0.25, -0.2) is 0 Å². The molecule has 6 heteroatoms. The summed E-state index contributed by atoms with van der Waals surface area (Å²) in [6.45, 7) is 7.59. The van der Waals surface area contributed by atoms with Gasteiger partial charge in [-0.2, -0.15) is 0 Å². The lowest BCUT2D eigenvalue weighted by molar-refractivity contribution is 0.0654. The number of hydrogen-bond acceptors (Lipinski definition) is 3. The molecule has 2 fully saturated rings. The first kappa shape index (κ1) is 22.0. The molecule has 2 aliphatic rings. The number of nitrogens with one attached hydrogen (secondary N) is 1. The lowest BCUT2D eigenvalue weighted by Crippen LogP contribution is -2.58.